The van der Waals surface area contributed by atoms with Crippen LogP contribution in [0.15, 0.2) is 103 Å². The second-order valence-corrected chi connectivity index (χ2v) is 7.43. The van der Waals surface area contributed by atoms with Gasteiger partial charge in [-0.25, -0.2) is 4.79 Å². The Balaban J connectivity index is 1.54. The molecule has 0 bridgehead atoms. The van der Waals surface area contributed by atoms with Gasteiger partial charge in [-0.1, -0.05) is 91.0 Å². The van der Waals surface area contributed by atoms with E-state index in [0.717, 1.165) is 16.7 Å². The van der Waals surface area contributed by atoms with Crippen LogP contribution in [0.25, 0.3) is 0 Å². The maximum absolute atomic E-state index is 12.7. The number of hydrogen-bond donors (Lipinski definition) is 1. The van der Waals surface area contributed by atoms with E-state index < -0.39 is 5.97 Å². The molecule has 0 unspecified atom stereocenters. The molecule has 4 aromatic carbocycles. The Kier molecular flexibility index (Phi) is 7.23. The number of carbonyl (C=O) groups is 1. The number of phenols is 1. The SMILES string of the molecule is O=C(OCc1ccccc1)c1cc(O)c(OCc2ccccc2)c(OCc2ccccc2)c1. The molecule has 1 N–H and O–H groups in total. The van der Waals surface area contributed by atoms with Gasteiger partial charge in [-0.2, -0.15) is 0 Å². The fourth-order valence-corrected chi connectivity index (χ4v) is 3.23. The summed E-state index contributed by atoms with van der Waals surface area (Å²) in [6, 6.07) is 31.5. The Labute approximate surface area is 192 Å². The normalized spacial score (nSPS) is 10.4. The number of rotatable bonds is 9. The molecule has 0 heterocycles. The average Bonchev–Trinajstić information content (AvgIpc) is 2.87. The quantitative estimate of drug-likeness (QED) is 0.328. The zero-order valence-electron chi connectivity index (χ0n) is 18.0. The summed E-state index contributed by atoms with van der Waals surface area (Å²) in [5.41, 5.74) is 2.94. The van der Waals surface area contributed by atoms with Crippen LogP contribution < -0.4 is 9.47 Å². The van der Waals surface area contributed by atoms with Crippen LogP contribution in [-0.4, -0.2) is 11.1 Å². The van der Waals surface area contributed by atoms with Crippen LogP contribution in [0.1, 0.15) is 27.0 Å². The van der Waals surface area contributed by atoms with E-state index in [-0.39, 0.29) is 42.6 Å². The summed E-state index contributed by atoms with van der Waals surface area (Å²) in [4.78, 5) is 12.7. The van der Waals surface area contributed by atoms with E-state index in [1.807, 2.05) is 91.0 Å². The van der Waals surface area contributed by atoms with E-state index in [0.29, 0.717) is 0 Å². The maximum atomic E-state index is 12.7. The van der Waals surface area contributed by atoms with E-state index in [9.17, 15) is 9.90 Å². The third kappa shape index (κ3) is 6.14. The predicted octanol–water partition coefficient (Wildman–Crippen LogP) is 5.91. The molecule has 0 radical (unpaired) electrons. The molecular weight excluding hydrogens is 416 g/mol. The van der Waals surface area contributed by atoms with Crippen molar-refractivity contribution in [2.45, 2.75) is 19.8 Å². The average molecular weight is 440 g/mol. The molecule has 5 heteroatoms. The van der Waals surface area contributed by atoms with Crippen molar-refractivity contribution >= 4 is 5.97 Å². The summed E-state index contributed by atoms with van der Waals surface area (Å²) in [7, 11) is 0. The number of phenolic OH excluding ortho intramolecular Hbond substituents is 1. The summed E-state index contributed by atoms with van der Waals surface area (Å²) in [6.45, 7) is 0.630. The minimum absolute atomic E-state index is 0.132. The van der Waals surface area contributed by atoms with Crippen molar-refractivity contribution in [3.8, 4) is 17.2 Å². The molecule has 0 aliphatic heterocycles. The van der Waals surface area contributed by atoms with E-state index in [1.54, 1.807) is 0 Å². The summed E-state index contributed by atoms with van der Waals surface area (Å²) >= 11 is 0. The summed E-state index contributed by atoms with van der Waals surface area (Å²) < 4.78 is 17.2. The highest BCUT2D eigenvalue weighted by molar-refractivity contribution is 5.91. The van der Waals surface area contributed by atoms with E-state index in [1.165, 1.54) is 12.1 Å². The van der Waals surface area contributed by atoms with Gasteiger partial charge in [-0.05, 0) is 28.8 Å². The molecule has 0 saturated carbocycles. The minimum Gasteiger partial charge on any atom is -0.504 e. The third-order valence-corrected chi connectivity index (χ3v) is 4.95. The molecule has 0 aromatic heterocycles. The Morgan fingerprint density at radius 1 is 0.636 bits per heavy atom. The monoisotopic (exact) mass is 440 g/mol. The molecular formula is C28H24O5. The number of esters is 1. The van der Waals surface area contributed by atoms with Gasteiger partial charge in [0.05, 0.1) is 5.56 Å². The second kappa shape index (κ2) is 10.9. The van der Waals surface area contributed by atoms with Crippen molar-refractivity contribution in [2.75, 3.05) is 0 Å². The lowest BCUT2D eigenvalue weighted by molar-refractivity contribution is 0.0471. The molecule has 166 valence electrons. The van der Waals surface area contributed by atoms with Crippen molar-refractivity contribution in [1.29, 1.82) is 0 Å². The zero-order chi connectivity index (χ0) is 22.9. The number of hydrogen-bond acceptors (Lipinski definition) is 5. The lowest BCUT2D eigenvalue weighted by Gasteiger charge is -2.16. The molecule has 0 aliphatic rings. The molecule has 0 aliphatic carbocycles. The predicted molar refractivity (Wildman–Crippen MR) is 125 cm³/mol. The molecule has 4 aromatic rings. The maximum Gasteiger partial charge on any atom is 0.338 e. The van der Waals surface area contributed by atoms with Gasteiger partial charge in [-0.15, -0.1) is 0 Å². The molecule has 4 rings (SSSR count). The van der Waals surface area contributed by atoms with Crippen LogP contribution >= 0.6 is 0 Å². The third-order valence-electron chi connectivity index (χ3n) is 4.95. The number of ether oxygens (including phenoxy) is 3. The molecule has 0 saturated heterocycles. The Morgan fingerprint density at radius 2 is 1.12 bits per heavy atom. The van der Waals surface area contributed by atoms with Gasteiger partial charge in [0.15, 0.2) is 11.5 Å². The first kappa shape index (κ1) is 22.0. The van der Waals surface area contributed by atoms with Gasteiger partial charge in [-0.3, -0.25) is 0 Å². The van der Waals surface area contributed by atoms with Crippen LogP contribution in [-0.2, 0) is 24.6 Å². The fourth-order valence-electron chi connectivity index (χ4n) is 3.23. The first-order valence-corrected chi connectivity index (χ1v) is 10.6. The van der Waals surface area contributed by atoms with Gasteiger partial charge < -0.3 is 19.3 Å². The molecule has 0 atom stereocenters. The first-order chi connectivity index (χ1) is 16.2. The van der Waals surface area contributed by atoms with Gasteiger partial charge in [0.25, 0.3) is 0 Å². The molecule has 0 spiro atoms. The van der Waals surface area contributed by atoms with E-state index in [4.69, 9.17) is 14.2 Å². The van der Waals surface area contributed by atoms with Crippen LogP contribution in [0, 0.1) is 0 Å². The minimum atomic E-state index is -0.562. The highest BCUT2D eigenvalue weighted by atomic mass is 16.5. The van der Waals surface area contributed by atoms with Gasteiger partial charge in [0.1, 0.15) is 19.8 Å². The van der Waals surface area contributed by atoms with Crippen molar-refractivity contribution < 1.29 is 24.1 Å². The largest absolute Gasteiger partial charge is 0.504 e. The van der Waals surface area contributed by atoms with Gasteiger partial charge in [0, 0.05) is 0 Å². The number of aromatic hydroxyl groups is 1. The topological polar surface area (TPSA) is 65.0 Å². The summed E-state index contributed by atoms with van der Waals surface area (Å²) in [6.07, 6.45) is 0. The zero-order valence-corrected chi connectivity index (χ0v) is 18.0. The standard InChI is InChI=1S/C28H24O5/c29-25-16-24(28(30)33-20-23-14-8-3-9-15-23)17-26(31-18-21-10-4-1-5-11-21)27(25)32-19-22-12-6-2-7-13-22/h1-17,29H,18-20H2. The van der Waals surface area contributed by atoms with Crippen molar-refractivity contribution in [1.82, 2.24) is 0 Å². The molecule has 33 heavy (non-hydrogen) atoms. The Hall–Kier alpha value is -4.25. The number of carbonyl (C=O) groups excluding carboxylic acids is 1. The second-order valence-electron chi connectivity index (χ2n) is 7.43. The highest BCUT2D eigenvalue weighted by Crippen LogP contribution is 2.39. The molecule has 0 fully saturated rings. The van der Waals surface area contributed by atoms with Crippen LogP contribution in [0.2, 0.25) is 0 Å². The van der Waals surface area contributed by atoms with Gasteiger partial charge in [0.2, 0.25) is 5.75 Å². The van der Waals surface area contributed by atoms with Crippen molar-refractivity contribution in [3.63, 3.8) is 0 Å². The van der Waals surface area contributed by atoms with Crippen molar-refractivity contribution in [3.05, 3.63) is 125 Å². The Bertz CT molecular complexity index is 1180. The van der Waals surface area contributed by atoms with E-state index in [2.05, 4.69) is 0 Å². The van der Waals surface area contributed by atoms with Crippen molar-refractivity contribution in [2.24, 2.45) is 0 Å². The lowest BCUT2D eigenvalue weighted by Crippen LogP contribution is -2.07. The Morgan fingerprint density at radius 3 is 1.67 bits per heavy atom. The summed E-state index contributed by atoms with van der Waals surface area (Å²) in [5, 5.41) is 10.7. The smallest absolute Gasteiger partial charge is 0.338 e. The van der Waals surface area contributed by atoms with Gasteiger partial charge >= 0.3 is 5.97 Å². The number of benzene rings is 4. The fraction of sp³-hybridized carbons (Fsp3) is 0.107. The van der Waals surface area contributed by atoms with Crippen LogP contribution in [0.3, 0.4) is 0 Å². The molecule has 5 nitrogen and oxygen atoms in total. The summed E-state index contributed by atoms with van der Waals surface area (Å²) in [5.74, 6) is -0.313. The lowest BCUT2D eigenvalue weighted by atomic mass is 10.1. The van der Waals surface area contributed by atoms with Crippen LogP contribution in [0.4, 0.5) is 0 Å². The highest BCUT2D eigenvalue weighted by Gasteiger charge is 2.19. The van der Waals surface area contributed by atoms with Crippen LogP contribution in [0.5, 0.6) is 17.2 Å². The first-order valence-electron chi connectivity index (χ1n) is 10.6. The molecule has 0 amide bonds. The van der Waals surface area contributed by atoms with E-state index >= 15 is 0 Å².